The third-order valence-corrected chi connectivity index (χ3v) is 8.23. The van der Waals surface area contributed by atoms with Crippen LogP contribution in [0.4, 0.5) is 17.2 Å². The van der Waals surface area contributed by atoms with Crippen LogP contribution < -0.4 is 14.5 Å². The summed E-state index contributed by atoms with van der Waals surface area (Å²) in [6.45, 7) is 4.18. The summed E-state index contributed by atoms with van der Waals surface area (Å²) in [4.78, 5) is 16.1. The fraction of sp³-hybridized carbons (Fsp3) is 0.370. The molecule has 1 aromatic heterocycles. The maximum atomic E-state index is 13.2. The highest BCUT2D eigenvalue weighted by molar-refractivity contribution is 7.92. The molecule has 0 bridgehead atoms. The van der Waals surface area contributed by atoms with Crippen LogP contribution in [0.15, 0.2) is 59.5 Å². The van der Waals surface area contributed by atoms with Gasteiger partial charge in [0.25, 0.3) is 10.0 Å². The summed E-state index contributed by atoms with van der Waals surface area (Å²) >= 11 is 0. The number of carbonyl (C=O) groups excluding carboxylic acids is 1. The first-order valence-electron chi connectivity index (χ1n) is 12.5. The standard InChI is InChI=1S/C27H31N5O3S/c1-20(33)32-17-7-9-22-19-24(11-13-26(22)32)36(34,35)30-23-10-6-8-21(18-23)25-12-14-27(29-28-25)31-15-4-2-3-5-16-31/h6,8,10-14,18-19,30H,2-5,7,9,15-17H2,1H3. The molecule has 0 aliphatic carbocycles. The van der Waals surface area contributed by atoms with E-state index in [1.807, 2.05) is 18.2 Å². The van der Waals surface area contributed by atoms with Crippen LogP contribution in [0.25, 0.3) is 11.3 Å². The van der Waals surface area contributed by atoms with Crippen LogP contribution in [0, 0.1) is 0 Å². The molecule has 2 aromatic carbocycles. The predicted octanol–water partition coefficient (Wildman–Crippen LogP) is 4.62. The van der Waals surface area contributed by atoms with E-state index >= 15 is 0 Å². The van der Waals surface area contributed by atoms with Gasteiger partial charge in [-0.05, 0) is 73.7 Å². The van der Waals surface area contributed by atoms with Crippen molar-refractivity contribution in [3.8, 4) is 11.3 Å². The zero-order valence-electron chi connectivity index (χ0n) is 20.5. The van der Waals surface area contributed by atoms with E-state index in [9.17, 15) is 13.2 Å². The van der Waals surface area contributed by atoms with Gasteiger partial charge in [0.15, 0.2) is 5.82 Å². The average molecular weight is 506 g/mol. The lowest BCUT2D eigenvalue weighted by molar-refractivity contribution is -0.116. The smallest absolute Gasteiger partial charge is 0.261 e. The number of carbonyl (C=O) groups is 1. The molecule has 188 valence electrons. The minimum Gasteiger partial charge on any atom is -0.355 e. The lowest BCUT2D eigenvalue weighted by atomic mass is 10.0. The second-order valence-corrected chi connectivity index (χ2v) is 11.1. The first-order valence-corrected chi connectivity index (χ1v) is 14.0. The molecule has 0 saturated carbocycles. The molecule has 0 atom stereocenters. The van der Waals surface area contributed by atoms with Crippen LogP contribution in [0.5, 0.6) is 0 Å². The van der Waals surface area contributed by atoms with Crippen LogP contribution in [-0.4, -0.2) is 44.2 Å². The number of hydrogen-bond donors (Lipinski definition) is 1. The Labute approximate surface area is 212 Å². The monoisotopic (exact) mass is 505 g/mol. The van der Waals surface area contributed by atoms with Gasteiger partial charge in [-0.3, -0.25) is 9.52 Å². The molecule has 36 heavy (non-hydrogen) atoms. The van der Waals surface area contributed by atoms with Gasteiger partial charge >= 0.3 is 0 Å². The van der Waals surface area contributed by atoms with Crippen molar-refractivity contribution in [3.05, 3.63) is 60.2 Å². The van der Waals surface area contributed by atoms with E-state index in [1.54, 1.807) is 41.3 Å². The first kappa shape index (κ1) is 24.2. The molecule has 9 heteroatoms. The number of aryl methyl sites for hydroxylation is 1. The molecule has 2 aliphatic rings. The normalized spacial score (nSPS) is 16.2. The molecule has 8 nitrogen and oxygen atoms in total. The number of nitrogens with zero attached hydrogens (tertiary/aromatic N) is 4. The molecule has 1 N–H and O–H groups in total. The molecule has 2 aliphatic heterocycles. The number of rotatable bonds is 5. The Morgan fingerprint density at radius 1 is 0.889 bits per heavy atom. The van der Waals surface area contributed by atoms with E-state index in [4.69, 9.17) is 0 Å². The van der Waals surface area contributed by atoms with E-state index in [1.165, 1.54) is 32.6 Å². The van der Waals surface area contributed by atoms with Gasteiger partial charge < -0.3 is 9.80 Å². The highest BCUT2D eigenvalue weighted by Crippen LogP contribution is 2.31. The van der Waals surface area contributed by atoms with Gasteiger partial charge in [-0.15, -0.1) is 10.2 Å². The molecule has 3 heterocycles. The Morgan fingerprint density at radius 2 is 1.69 bits per heavy atom. The first-order chi connectivity index (χ1) is 17.4. The van der Waals surface area contributed by atoms with Gasteiger partial charge in [0, 0.05) is 43.5 Å². The van der Waals surface area contributed by atoms with Crippen molar-refractivity contribution in [2.45, 2.75) is 50.3 Å². The van der Waals surface area contributed by atoms with Crippen molar-refractivity contribution in [2.24, 2.45) is 0 Å². The van der Waals surface area contributed by atoms with Gasteiger partial charge in [0.1, 0.15) is 0 Å². The van der Waals surface area contributed by atoms with Gasteiger partial charge in [-0.1, -0.05) is 25.0 Å². The van der Waals surface area contributed by atoms with Crippen LogP contribution in [0.2, 0.25) is 0 Å². The highest BCUT2D eigenvalue weighted by Gasteiger charge is 2.23. The second kappa shape index (κ2) is 10.3. The third kappa shape index (κ3) is 5.21. The van der Waals surface area contributed by atoms with Crippen molar-refractivity contribution in [3.63, 3.8) is 0 Å². The van der Waals surface area contributed by atoms with Crippen molar-refractivity contribution in [2.75, 3.05) is 34.2 Å². The molecule has 0 unspecified atom stereocenters. The van der Waals surface area contributed by atoms with Crippen LogP contribution in [0.3, 0.4) is 0 Å². The van der Waals surface area contributed by atoms with Crippen LogP contribution >= 0.6 is 0 Å². The van der Waals surface area contributed by atoms with Crippen LogP contribution in [0.1, 0.15) is 44.6 Å². The molecule has 5 rings (SSSR count). The molecule has 1 fully saturated rings. The summed E-state index contributed by atoms with van der Waals surface area (Å²) in [5, 5.41) is 8.86. The highest BCUT2D eigenvalue weighted by atomic mass is 32.2. The largest absolute Gasteiger partial charge is 0.355 e. The average Bonchev–Trinajstić information content (AvgIpc) is 3.18. The van der Waals surface area contributed by atoms with Crippen molar-refractivity contribution in [1.29, 1.82) is 0 Å². The Morgan fingerprint density at radius 3 is 2.42 bits per heavy atom. The number of fused-ring (bicyclic) bond motifs is 1. The van der Waals surface area contributed by atoms with Gasteiger partial charge in [0.05, 0.1) is 10.6 Å². The Hall–Kier alpha value is -3.46. The molecule has 1 amide bonds. The molecule has 3 aromatic rings. The number of aromatic nitrogens is 2. The lowest BCUT2D eigenvalue weighted by Gasteiger charge is -2.28. The quantitative estimate of drug-likeness (QED) is 0.544. The van der Waals surface area contributed by atoms with E-state index in [2.05, 4.69) is 19.8 Å². The number of hydrogen-bond acceptors (Lipinski definition) is 6. The Balaban J connectivity index is 1.34. The molecule has 0 radical (unpaired) electrons. The van der Waals surface area contributed by atoms with E-state index in [0.29, 0.717) is 17.9 Å². The number of sulfonamides is 1. The summed E-state index contributed by atoms with van der Waals surface area (Å²) < 4.78 is 29.0. The second-order valence-electron chi connectivity index (χ2n) is 9.43. The van der Waals surface area contributed by atoms with Gasteiger partial charge in [-0.2, -0.15) is 0 Å². The summed E-state index contributed by atoms with van der Waals surface area (Å²) in [7, 11) is -3.80. The van der Waals surface area contributed by atoms with Crippen LogP contribution in [-0.2, 0) is 21.2 Å². The van der Waals surface area contributed by atoms with E-state index in [0.717, 1.165) is 48.6 Å². The SMILES string of the molecule is CC(=O)N1CCCc2cc(S(=O)(=O)Nc3cccc(-c4ccc(N5CCCCCC5)nn4)c3)ccc21. The number of amides is 1. The summed E-state index contributed by atoms with van der Waals surface area (Å²) in [6.07, 6.45) is 6.41. The van der Waals surface area contributed by atoms with Crippen molar-refractivity contribution in [1.82, 2.24) is 10.2 Å². The molecule has 0 spiro atoms. The topological polar surface area (TPSA) is 95.5 Å². The summed E-state index contributed by atoms with van der Waals surface area (Å²) in [6, 6.07) is 16.1. The number of anilines is 3. The zero-order chi connectivity index (χ0) is 25.1. The molecule has 1 saturated heterocycles. The molecular formula is C27H31N5O3S. The van der Waals surface area contributed by atoms with Crippen molar-refractivity contribution < 1.29 is 13.2 Å². The third-order valence-electron chi connectivity index (χ3n) is 6.85. The maximum Gasteiger partial charge on any atom is 0.261 e. The fourth-order valence-corrected chi connectivity index (χ4v) is 6.07. The lowest BCUT2D eigenvalue weighted by Crippen LogP contribution is -2.33. The van der Waals surface area contributed by atoms with Gasteiger partial charge in [0.2, 0.25) is 5.91 Å². The Kier molecular flexibility index (Phi) is 6.91. The van der Waals surface area contributed by atoms with Crippen molar-refractivity contribution >= 4 is 33.1 Å². The van der Waals surface area contributed by atoms with E-state index in [-0.39, 0.29) is 10.8 Å². The Bertz CT molecular complexity index is 1350. The zero-order valence-corrected chi connectivity index (χ0v) is 21.3. The minimum absolute atomic E-state index is 0.0379. The summed E-state index contributed by atoms with van der Waals surface area (Å²) in [5.74, 6) is 0.845. The summed E-state index contributed by atoms with van der Waals surface area (Å²) in [5.41, 5.74) is 3.58. The van der Waals surface area contributed by atoms with Gasteiger partial charge in [-0.25, -0.2) is 8.42 Å². The fourth-order valence-electron chi connectivity index (χ4n) is 4.97. The predicted molar refractivity (Wildman–Crippen MR) is 142 cm³/mol. The number of nitrogens with one attached hydrogen (secondary N) is 1. The minimum atomic E-state index is -3.80. The van der Waals surface area contributed by atoms with E-state index < -0.39 is 10.0 Å². The maximum absolute atomic E-state index is 13.2. The molecular weight excluding hydrogens is 474 g/mol. The number of benzene rings is 2.